The summed E-state index contributed by atoms with van der Waals surface area (Å²) in [5.74, 6) is 0.00512. The largest absolute Gasteiger partial charge is 0.330 e. The zero-order valence-corrected chi connectivity index (χ0v) is 18.1. The molecule has 0 saturated carbocycles. The number of nitrogens with zero attached hydrogens (tertiary/aromatic N) is 3. The third-order valence-corrected chi connectivity index (χ3v) is 6.59. The number of hydrogen-bond donors (Lipinski definition) is 0. The summed E-state index contributed by atoms with van der Waals surface area (Å²) in [4.78, 5) is 34.5. The number of hydrogen-bond acceptors (Lipinski definition) is 4. The number of piperazine rings is 1. The van der Waals surface area contributed by atoms with Gasteiger partial charge in [-0.3, -0.25) is 19.5 Å². The second kappa shape index (κ2) is 9.05. The Morgan fingerprint density at radius 2 is 1.59 bits per heavy atom. The van der Waals surface area contributed by atoms with E-state index in [1.165, 1.54) is 16.7 Å². The molecule has 0 aliphatic carbocycles. The topological polar surface area (TPSA) is 53.5 Å². The van der Waals surface area contributed by atoms with Gasteiger partial charge in [0.05, 0.1) is 0 Å². The van der Waals surface area contributed by atoms with Gasteiger partial charge in [0.2, 0.25) is 5.91 Å². The molecule has 5 rings (SSSR count). The first-order valence-corrected chi connectivity index (χ1v) is 11.3. The normalized spacial score (nSPS) is 21.4. The van der Waals surface area contributed by atoms with E-state index >= 15 is 0 Å². The van der Waals surface area contributed by atoms with E-state index in [2.05, 4.69) is 46.3 Å². The predicted octanol–water partition coefficient (Wildman–Crippen LogP) is 3.59. The highest BCUT2D eigenvalue weighted by molar-refractivity contribution is 5.97. The van der Waals surface area contributed by atoms with Crippen molar-refractivity contribution in [3.05, 3.63) is 90.3 Å². The average Bonchev–Trinajstić information content (AvgIpc) is 2.84. The van der Waals surface area contributed by atoms with Gasteiger partial charge in [-0.15, -0.1) is 0 Å². The van der Waals surface area contributed by atoms with Crippen LogP contribution in [0.5, 0.6) is 0 Å². The third kappa shape index (κ3) is 4.34. The first-order chi connectivity index (χ1) is 15.7. The van der Waals surface area contributed by atoms with Crippen LogP contribution in [0.1, 0.15) is 17.7 Å². The Hall–Kier alpha value is -3.31. The minimum atomic E-state index is -0.345. The van der Waals surface area contributed by atoms with Crippen molar-refractivity contribution in [2.75, 3.05) is 19.6 Å². The highest BCUT2D eigenvalue weighted by Crippen LogP contribution is 2.27. The summed E-state index contributed by atoms with van der Waals surface area (Å²) in [5, 5.41) is 0. The lowest BCUT2D eigenvalue weighted by molar-refractivity contribution is -0.152. The van der Waals surface area contributed by atoms with Crippen LogP contribution < -0.4 is 0 Å². The lowest BCUT2D eigenvalue weighted by Crippen LogP contribution is -2.62. The molecule has 2 aromatic carbocycles. The zero-order chi connectivity index (χ0) is 21.9. The summed E-state index contributed by atoms with van der Waals surface area (Å²) in [5.41, 5.74) is 4.50. The van der Waals surface area contributed by atoms with Gasteiger partial charge in [0.1, 0.15) is 6.04 Å². The van der Waals surface area contributed by atoms with Gasteiger partial charge in [-0.25, -0.2) is 0 Å². The number of carbonyl (C=O) groups is 2. The molecule has 2 aliphatic rings. The fraction of sp³-hybridized carbons (Fsp3) is 0.296. The molecule has 2 atom stereocenters. The standard InChI is InChI=1S/C27H27N3O2/c31-26-17-23(16-24-8-4-5-13-28-24)27(32)25-19-29(14-15-30(25)26)18-20-9-11-22(12-10-20)21-6-2-1-3-7-21/h1-13,23,25H,14-19H2. The van der Waals surface area contributed by atoms with Crippen molar-refractivity contribution in [3.8, 4) is 11.1 Å². The number of benzene rings is 2. The molecule has 2 fully saturated rings. The number of amides is 1. The van der Waals surface area contributed by atoms with Gasteiger partial charge in [0.15, 0.2) is 5.78 Å². The van der Waals surface area contributed by atoms with E-state index in [1.807, 2.05) is 36.4 Å². The molecule has 3 aromatic rings. The summed E-state index contributed by atoms with van der Waals surface area (Å²) in [6, 6.07) is 24.3. The first kappa shape index (κ1) is 20.6. The summed E-state index contributed by atoms with van der Waals surface area (Å²) in [6.45, 7) is 2.80. The van der Waals surface area contributed by atoms with Crippen LogP contribution in [0.3, 0.4) is 0 Å². The lowest BCUT2D eigenvalue weighted by atomic mass is 9.84. The quantitative estimate of drug-likeness (QED) is 0.627. The fourth-order valence-electron chi connectivity index (χ4n) is 4.86. The summed E-state index contributed by atoms with van der Waals surface area (Å²) in [6.07, 6.45) is 2.58. The maximum atomic E-state index is 13.3. The van der Waals surface area contributed by atoms with Crippen molar-refractivity contribution in [1.82, 2.24) is 14.8 Å². The van der Waals surface area contributed by atoms with Crippen molar-refractivity contribution in [1.29, 1.82) is 0 Å². The van der Waals surface area contributed by atoms with Gasteiger partial charge in [-0.2, -0.15) is 0 Å². The zero-order valence-electron chi connectivity index (χ0n) is 18.1. The maximum absolute atomic E-state index is 13.3. The smallest absolute Gasteiger partial charge is 0.224 e. The number of carbonyl (C=O) groups excluding carboxylic acids is 2. The Morgan fingerprint density at radius 1 is 0.844 bits per heavy atom. The minimum Gasteiger partial charge on any atom is -0.330 e. The van der Waals surface area contributed by atoms with Crippen LogP contribution in [0, 0.1) is 5.92 Å². The Balaban J connectivity index is 1.25. The molecule has 162 valence electrons. The Labute approximate surface area is 188 Å². The molecule has 0 bridgehead atoms. The Kier molecular flexibility index (Phi) is 5.82. The van der Waals surface area contributed by atoms with Crippen LogP contribution in [-0.2, 0) is 22.6 Å². The van der Waals surface area contributed by atoms with E-state index in [0.29, 0.717) is 25.9 Å². The molecular formula is C27H27N3O2. The first-order valence-electron chi connectivity index (χ1n) is 11.3. The molecule has 0 radical (unpaired) electrons. The van der Waals surface area contributed by atoms with E-state index in [1.54, 1.807) is 11.1 Å². The van der Waals surface area contributed by atoms with E-state index < -0.39 is 0 Å². The van der Waals surface area contributed by atoms with Crippen LogP contribution in [0.25, 0.3) is 11.1 Å². The number of aromatic nitrogens is 1. The highest BCUT2D eigenvalue weighted by atomic mass is 16.2. The minimum absolute atomic E-state index is 0.0994. The second-order valence-corrected chi connectivity index (χ2v) is 8.73. The van der Waals surface area contributed by atoms with Crippen molar-refractivity contribution in [2.24, 2.45) is 5.92 Å². The molecule has 5 nitrogen and oxygen atoms in total. The fourth-order valence-corrected chi connectivity index (χ4v) is 4.86. The molecule has 0 spiro atoms. The monoisotopic (exact) mass is 425 g/mol. The molecule has 2 aliphatic heterocycles. The van der Waals surface area contributed by atoms with Crippen LogP contribution in [0.15, 0.2) is 79.0 Å². The van der Waals surface area contributed by atoms with Crippen molar-refractivity contribution >= 4 is 11.7 Å². The molecule has 2 unspecified atom stereocenters. The number of rotatable bonds is 5. The number of ketones is 1. The number of pyridine rings is 1. The van der Waals surface area contributed by atoms with Crippen LogP contribution in [0.4, 0.5) is 0 Å². The van der Waals surface area contributed by atoms with Crippen LogP contribution >= 0.6 is 0 Å². The van der Waals surface area contributed by atoms with Gasteiger partial charge < -0.3 is 4.90 Å². The Bertz CT molecular complexity index is 1080. The molecule has 3 heterocycles. The van der Waals surface area contributed by atoms with Gasteiger partial charge in [-0.05, 0) is 35.2 Å². The van der Waals surface area contributed by atoms with Gasteiger partial charge in [0, 0.05) is 50.4 Å². The number of piperidine rings is 1. The maximum Gasteiger partial charge on any atom is 0.224 e. The molecule has 0 N–H and O–H groups in total. The van der Waals surface area contributed by atoms with Crippen LogP contribution in [0.2, 0.25) is 0 Å². The van der Waals surface area contributed by atoms with Crippen molar-refractivity contribution in [2.45, 2.75) is 25.4 Å². The molecule has 2 saturated heterocycles. The van der Waals surface area contributed by atoms with E-state index in [4.69, 9.17) is 0 Å². The van der Waals surface area contributed by atoms with Gasteiger partial charge in [-0.1, -0.05) is 60.7 Å². The second-order valence-electron chi connectivity index (χ2n) is 8.73. The van der Waals surface area contributed by atoms with Gasteiger partial charge in [0.25, 0.3) is 0 Å². The lowest BCUT2D eigenvalue weighted by Gasteiger charge is -2.45. The van der Waals surface area contributed by atoms with Gasteiger partial charge >= 0.3 is 0 Å². The molecule has 1 aromatic heterocycles. The molecular weight excluding hydrogens is 398 g/mol. The summed E-state index contributed by atoms with van der Waals surface area (Å²) >= 11 is 0. The highest BCUT2D eigenvalue weighted by Gasteiger charge is 2.43. The van der Waals surface area contributed by atoms with E-state index in [-0.39, 0.29) is 23.7 Å². The average molecular weight is 426 g/mol. The number of fused-ring (bicyclic) bond motifs is 1. The van der Waals surface area contributed by atoms with E-state index in [9.17, 15) is 9.59 Å². The van der Waals surface area contributed by atoms with Crippen molar-refractivity contribution in [3.63, 3.8) is 0 Å². The number of Topliss-reactive ketones (excluding diaryl/α,β-unsaturated/α-hetero) is 1. The molecule has 5 heteroatoms. The van der Waals surface area contributed by atoms with Crippen LogP contribution in [-0.4, -0.2) is 52.2 Å². The van der Waals surface area contributed by atoms with Crippen molar-refractivity contribution < 1.29 is 9.59 Å². The Morgan fingerprint density at radius 3 is 2.34 bits per heavy atom. The molecule has 1 amide bonds. The summed E-state index contributed by atoms with van der Waals surface area (Å²) < 4.78 is 0. The molecule has 32 heavy (non-hydrogen) atoms. The third-order valence-electron chi connectivity index (χ3n) is 6.59. The van der Waals surface area contributed by atoms with E-state index in [0.717, 1.165) is 18.8 Å². The SMILES string of the molecule is O=C1C(Cc2ccccn2)CC(=O)N2CCN(Cc3ccc(-c4ccccc4)cc3)CC12. The summed E-state index contributed by atoms with van der Waals surface area (Å²) in [7, 11) is 0. The predicted molar refractivity (Wildman–Crippen MR) is 124 cm³/mol.